The molecule has 2 N–H and O–H groups in total. The molecule has 0 fully saturated rings. The first-order valence-corrected chi connectivity index (χ1v) is 4.86. The van der Waals surface area contributed by atoms with Gasteiger partial charge in [-0.3, -0.25) is 4.79 Å². The Morgan fingerprint density at radius 2 is 2.00 bits per heavy atom. The molecule has 0 aliphatic heterocycles. The van der Waals surface area contributed by atoms with E-state index in [0.717, 1.165) is 11.1 Å². The van der Waals surface area contributed by atoms with Gasteiger partial charge in [0.25, 0.3) is 0 Å². The fraction of sp³-hybridized carbons (Fsp3) is 0.167. The van der Waals surface area contributed by atoms with Gasteiger partial charge in [0.2, 0.25) is 5.43 Å². The highest BCUT2D eigenvalue weighted by atomic mass is 16.4. The molecule has 4 heteroatoms. The third-order valence-corrected chi connectivity index (χ3v) is 2.56. The van der Waals surface area contributed by atoms with Gasteiger partial charge in [-0.25, -0.2) is 4.79 Å². The number of carboxylic acid groups (broad SMARTS) is 1. The lowest BCUT2D eigenvalue weighted by Gasteiger charge is -2.04. The molecule has 4 nitrogen and oxygen atoms in total. The number of aromatic nitrogens is 1. The Morgan fingerprint density at radius 1 is 1.31 bits per heavy atom. The van der Waals surface area contributed by atoms with Crippen molar-refractivity contribution in [2.75, 3.05) is 0 Å². The van der Waals surface area contributed by atoms with Crippen LogP contribution >= 0.6 is 0 Å². The number of pyridine rings is 1. The van der Waals surface area contributed by atoms with Crippen molar-refractivity contribution < 1.29 is 9.90 Å². The minimum atomic E-state index is -1.21. The third-order valence-electron chi connectivity index (χ3n) is 2.56. The zero-order chi connectivity index (χ0) is 11.9. The van der Waals surface area contributed by atoms with Crippen LogP contribution in [0.2, 0.25) is 0 Å². The van der Waals surface area contributed by atoms with Crippen LogP contribution < -0.4 is 5.43 Å². The van der Waals surface area contributed by atoms with E-state index < -0.39 is 11.4 Å². The van der Waals surface area contributed by atoms with E-state index >= 15 is 0 Å². The van der Waals surface area contributed by atoms with Gasteiger partial charge in [-0.1, -0.05) is 6.07 Å². The number of carboxylic acids is 1. The number of aryl methyl sites for hydroxylation is 2. The van der Waals surface area contributed by atoms with Crippen molar-refractivity contribution in [2.45, 2.75) is 13.8 Å². The molecule has 0 bridgehead atoms. The molecule has 2 rings (SSSR count). The number of fused-ring (bicyclic) bond motifs is 1. The normalized spacial score (nSPS) is 10.6. The van der Waals surface area contributed by atoms with Gasteiger partial charge in [-0.2, -0.15) is 0 Å². The molecule has 0 spiro atoms. The number of H-pyrrole nitrogens is 1. The van der Waals surface area contributed by atoms with Gasteiger partial charge < -0.3 is 10.1 Å². The van der Waals surface area contributed by atoms with E-state index in [1.54, 1.807) is 6.07 Å². The Morgan fingerprint density at radius 3 is 2.62 bits per heavy atom. The maximum absolute atomic E-state index is 11.9. The molecular weight excluding hydrogens is 206 g/mol. The number of nitrogens with one attached hydrogen (secondary N) is 1. The van der Waals surface area contributed by atoms with E-state index in [9.17, 15) is 9.59 Å². The lowest BCUT2D eigenvalue weighted by molar-refractivity contribution is 0.0695. The Balaban J connectivity index is 2.95. The van der Waals surface area contributed by atoms with Crippen LogP contribution in [-0.4, -0.2) is 16.1 Å². The molecule has 1 aromatic heterocycles. The SMILES string of the molecule is Cc1cc(C)c2[nH]cc(C(=O)O)c(=O)c2c1. The summed E-state index contributed by atoms with van der Waals surface area (Å²) in [6, 6.07) is 3.65. The largest absolute Gasteiger partial charge is 0.477 e. The van der Waals surface area contributed by atoms with Crippen LogP contribution in [0.5, 0.6) is 0 Å². The van der Waals surface area contributed by atoms with Crippen molar-refractivity contribution >= 4 is 16.9 Å². The molecule has 0 saturated heterocycles. The lowest BCUT2D eigenvalue weighted by atomic mass is 10.1. The van der Waals surface area contributed by atoms with Crippen LogP contribution in [0, 0.1) is 13.8 Å². The first-order chi connectivity index (χ1) is 7.50. The van der Waals surface area contributed by atoms with Gasteiger partial charge in [0.15, 0.2) is 0 Å². The first-order valence-electron chi connectivity index (χ1n) is 4.86. The number of hydrogen-bond acceptors (Lipinski definition) is 2. The first kappa shape index (κ1) is 10.4. The molecule has 0 aliphatic rings. The Bertz CT molecular complexity index is 640. The number of aromatic amines is 1. The van der Waals surface area contributed by atoms with Crippen molar-refractivity contribution in [3.63, 3.8) is 0 Å². The molecule has 0 unspecified atom stereocenters. The highest BCUT2D eigenvalue weighted by molar-refractivity contribution is 5.93. The maximum atomic E-state index is 11.9. The van der Waals surface area contributed by atoms with E-state index in [1.807, 2.05) is 19.9 Å². The number of hydrogen-bond donors (Lipinski definition) is 2. The van der Waals surface area contributed by atoms with Gasteiger partial charge >= 0.3 is 5.97 Å². The maximum Gasteiger partial charge on any atom is 0.341 e. The van der Waals surface area contributed by atoms with Gasteiger partial charge in [0.1, 0.15) is 5.56 Å². The summed E-state index contributed by atoms with van der Waals surface area (Å²) in [5.41, 5.74) is 1.91. The molecule has 1 aromatic carbocycles. The summed E-state index contributed by atoms with van der Waals surface area (Å²) in [5, 5.41) is 9.27. The number of carbonyl (C=O) groups is 1. The van der Waals surface area contributed by atoms with Crippen molar-refractivity contribution in [2.24, 2.45) is 0 Å². The summed E-state index contributed by atoms with van der Waals surface area (Å²) in [4.78, 5) is 25.5. The predicted molar refractivity (Wildman–Crippen MR) is 61.0 cm³/mol. The molecule has 0 radical (unpaired) electrons. The van der Waals surface area contributed by atoms with E-state index in [1.165, 1.54) is 6.20 Å². The molecule has 0 atom stereocenters. The average Bonchev–Trinajstić information content (AvgIpc) is 2.19. The quantitative estimate of drug-likeness (QED) is 0.765. The van der Waals surface area contributed by atoms with Crippen LogP contribution in [0.25, 0.3) is 10.9 Å². The number of benzene rings is 1. The van der Waals surface area contributed by atoms with E-state index in [-0.39, 0.29) is 5.56 Å². The smallest absolute Gasteiger partial charge is 0.341 e. The third kappa shape index (κ3) is 1.48. The van der Waals surface area contributed by atoms with Crippen LogP contribution in [-0.2, 0) is 0 Å². The number of rotatable bonds is 1. The summed E-state index contributed by atoms with van der Waals surface area (Å²) < 4.78 is 0. The minimum absolute atomic E-state index is 0.225. The van der Waals surface area contributed by atoms with Gasteiger partial charge in [-0.15, -0.1) is 0 Å². The monoisotopic (exact) mass is 217 g/mol. The second kappa shape index (κ2) is 3.48. The minimum Gasteiger partial charge on any atom is -0.477 e. The fourth-order valence-corrected chi connectivity index (χ4v) is 1.85. The molecule has 82 valence electrons. The van der Waals surface area contributed by atoms with Crippen LogP contribution in [0.3, 0.4) is 0 Å². The summed E-state index contributed by atoms with van der Waals surface area (Å²) in [6.45, 7) is 3.75. The highest BCUT2D eigenvalue weighted by Gasteiger charge is 2.12. The summed E-state index contributed by atoms with van der Waals surface area (Å²) >= 11 is 0. The second-order valence-corrected chi connectivity index (χ2v) is 3.84. The van der Waals surface area contributed by atoms with Crippen molar-refractivity contribution in [1.29, 1.82) is 0 Å². The Kier molecular flexibility index (Phi) is 2.27. The highest BCUT2D eigenvalue weighted by Crippen LogP contribution is 2.15. The fourth-order valence-electron chi connectivity index (χ4n) is 1.85. The standard InChI is InChI=1S/C12H11NO3/c1-6-3-7(2)10-8(4-6)11(14)9(5-13-10)12(15)16/h3-5H,1-2H3,(H,13,14)(H,15,16). The molecule has 0 amide bonds. The van der Waals surface area contributed by atoms with Gasteiger partial charge in [0.05, 0.1) is 5.52 Å². The van der Waals surface area contributed by atoms with Crippen LogP contribution in [0.1, 0.15) is 21.5 Å². The van der Waals surface area contributed by atoms with E-state index in [0.29, 0.717) is 10.9 Å². The van der Waals surface area contributed by atoms with E-state index in [4.69, 9.17) is 5.11 Å². The summed E-state index contributed by atoms with van der Waals surface area (Å²) in [6.07, 6.45) is 1.25. The van der Waals surface area contributed by atoms with Gasteiger partial charge in [0, 0.05) is 11.6 Å². The van der Waals surface area contributed by atoms with E-state index in [2.05, 4.69) is 4.98 Å². The molecular formula is C12H11NO3. The average molecular weight is 217 g/mol. The lowest BCUT2D eigenvalue weighted by Crippen LogP contribution is -2.15. The van der Waals surface area contributed by atoms with Crippen molar-refractivity contribution in [3.8, 4) is 0 Å². The van der Waals surface area contributed by atoms with Crippen molar-refractivity contribution in [1.82, 2.24) is 4.98 Å². The van der Waals surface area contributed by atoms with Gasteiger partial charge in [-0.05, 0) is 31.0 Å². The zero-order valence-electron chi connectivity index (χ0n) is 9.00. The van der Waals surface area contributed by atoms with Crippen LogP contribution in [0.15, 0.2) is 23.1 Å². The summed E-state index contributed by atoms with van der Waals surface area (Å²) in [5.74, 6) is -1.21. The second-order valence-electron chi connectivity index (χ2n) is 3.84. The summed E-state index contributed by atoms with van der Waals surface area (Å²) in [7, 11) is 0. The molecule has 0 saturated carbocycles. The predicted octanol–water partition coefficient (Wildman–Crippen LogP) is 1.84. The molecule has 0 aliphatic carbocycles. The topological polar surface area (TPSA) is 70.2 Å². The Labute approximate surface area is 91.5 Å². The molecule has 1 heterocycles. The molecule has 2 aromatic rings. The number of aromatic carboxylic acids is 1. The Hall–Kier alpha value is -2.10. The zero-order valence-corrected chi connectivity index (χ0v) is 9.00. The van der Waals surface area contributed by atoms with Crippen LogP contribution in [0.4, 0.5) is 0 Å². The van der Waals surface area contributed by atoms with Crippen molar-refractivity contribution in [3.05, 3.63) is 45.2 Å². The molecule has 16 heavy (non-hydrogen) atoms.